The predicted molar refractivity (Wildman–Crippen MR) is 75.6 cm³/mol. The molecule has 1 atom stereocenters. The second-order valence-electron chi connectivity index (χ2n) is 5.93. The molecular weight excluding hydrogens is 276 g/mol. The molecule has 21 heavy (non-hydrogen) atoms. The van der Waals surface area contributed by atoms with Crippen LogP contribution >= 0.6 is 0 Å². The zero-order valence-corrected chi connectivity index (χ0v) is 12.0. The smallest absolute Gasteiger partial charge is 0.387 e. The van der Waals surface area contributed by atoms with Crippen molar-refractivity contribution in [3.63, 3.8) is 0 Å². The summed E-state index contributed by atoms with van der Waals surface area (Å²) < 4.78 is 35.1. The number of hydrogen-bond acceptors (Lipinski definition) is 3. The van der Waals surface area contributed by atoms with E-state index in [-0.39, 0.29) is 17.5 Å². The molecule has 1 aliphatic heterocycles. The summed E-state index contributed by atoms with van der Waals surface area (Å²) in [5.74, 6) is 0.185. The Kier molecular flexibility index (Phi) is 4.40. The van der Waals surface area contributed by atoms with Gasteiger partial charge in [0.05, 0.1) is 11.7 Å². The molecule has 1 unspecified atom stereocenters. The number of halogens is 2. The van der Waals surface area contributed by atoms with Gasteiger partial charge in [0.2, 0.25) is 0 Å². The summed E-state index contributed by atoms with van der Waals surface area (Å²) in [6.07, 6.45) is 5.91. The summed E-state index contributed by atoms with van der Waals surface area (Å²) in [6.45, 7) is -1.11. The van der Waals surface area contributed by atoms with Gasteiger partial charge >= 0.3 is 6.61 Å². The first-order valence-electron chi connectivity index (χ1n) is 7.60. The Balaban J connectivity index is 1.68. The van der Waals surface area contributed by atoms with E-state index in [0.29, 0.717) is 0 Å². The van der Waals surface area contributed by atoms with Gasteiger partial charge in [-0.15, -0.1) is 0 Å². The van der Waals surface area contributed by atoms with Gasteiger partial charge in [0.15, 0.2) is 0 Å². The Hall–Kier alpha value is -1.20. The average Bonchev–Trinajstić information content (AvgIpc) is 2.48. The molecule has 1 aliphatic carbocycles. The minimum Gasteiger partial charge on any atom is -0.435 e. The lowest BCUT2D eigenvalue weighted by Crippen LogP contribution is -2.51. The van der Waals surface area contributed by atoms with Crippen molar-refractivity contribution in [3.05, 3.63) is 29.8 Å². The van der Waals surface area contributed by atoms with Crippen LogP contribution in [0.2, 0.25) is 0 Å². The summed E-state index contributed by atoms with van der Waals surface area (Å²) in [5.41, 5.74) is 0.966. The summed E-state index contributed by atoms with van der Waals surface area (Å²) in [6, 6.07) is 6.78. The highest BCUT2D eigenvalue weighted by Crippen LogP contribution is 2.38. The third-order valence-corrected chi connectivity index (χ3v) is 4.41. The van der Waals surface area contributed by atoms with Gasteiger partial charge in [-0.25, -0.2) is 0 Å². The van der Waals surface area contributed by atoms with Gasteiger partial charge in [-0.2, -0.15) is 8.78 Å². The molecule has 1 aromatic rings. The second-order valence-corrected chi connectivity index (χ2v) is 5.93. The first-order valence-corrected chi connectivity index (χ1v) is 7.60. The number of morpholine rings is 1. The minimum absolute atomic E-state index is 0.0163. The Labute approximate surface area is 123 Å². The molecule has 2 aliphatic rings. The minimum atomic E-state index is -2.78. The lowest BCUT2D eigenvalue weighted by molar-refractivity contribution is -0.135. The quantitative estimate of drug-likeness (QED) is 0.923. The van der Waals surface area contributed by atoms with Gasteiger partial charge in [-0.1, -0.05) is 31.4 Å². The van der Waals surface area contributed by atoms with Crippen molar-refractivity contribution in [1.82, 2.24) is 5.32 Å². The molecule has 1 N–H and O–H groups in total. The maximum absolute atomic E-state index is 12.2. The fourth-order valence-corrected chi connectivity index (χ4v) is 3.36. The average molecular weight is 297 g/mol. The van der Waals surface area contributed by atoms with Gasteiger partial charge in [0.25, 0.3) is 0 Å². The van der Waals surface area contributed by atoms with Crippen LogP contribution < -0.4 is 10.1 Å². The molecule has 0 bridgehead atoms. The van der Waals surface area contributed by atoms with E-state index in [1.54, 1.807) is 12.1 Å². The molecule has 3 rings (SSSR count). The van der Waals surface area contributed by atoms with Gasteiger partial charge < -0.3 is 14.8 Å². The van der Waals surface area contributed by atoms with Crippen LogP contribution in [-0.4, -0.2) is 25.3 Å². The van der Waals surface area contributed by atoms with E-state index in [2.05, 4.69) is 10.1 Å². The van der Waals surface area contributed by atoms with E-state index >= 15 is 0 Å². The Morgan fingerprint density at radius 3 is 2.52 bits per heavy atom. The fourth-order valence-electron chi connectivity index (χ4n) is 3.36. The molecule has 3 nitrogen and oxygen atoms in total. The Bertz CT molecular complexity index is 452. The zero-order chi connectivity index (χ0) is 14.7. The molecule has 1 saturated heterocycles. The number of benzene rings is 1. The molecule has 116 valence electrons. The fraction of sp³-hybridized carbons (Fsp3) is 0.625. The van der Waals surface area contributed by atoms with E-state index in [9.17, 15) is 8.78 Å². The lowest BCUT2D eigenvalue weighted by Gasteiger charge is -2.44. The molecule has 0 amide bonds. The predicted octanol–water partition coefficient (Wildman–Crippen LogP) is 3.65. The monoisotopic (exact) mass is 297 g/mol. The van der Waals surface area contributed by atoms with Crippen molar-refractivity contribution < 1.29 is 18.3 Å². The van der Waals surface area contributed by atoms with Crippen LogP contribution in [0.4, 0.5) is 8.78 Å². The third kappa shape index (κ3) is 3.52. The highest BCUT2D eigenvalue weighted by Gasteiger charge is 2.38. The number of alkyl halides is 2. The molecule has 5 heteroatoms. The number of ether oxygens (including phenoxy) is 2. The van der Waals surface area contributed by atoms with E-state index in [0.717, 1.165) is 31.5 Å². The van der Waals surface area contributed by atoms with Crippen molar-refractivity contribution in [1.29, 1.82) is 0 Å². The number of hydrogen-bond donors (Lipinski definition) is 1. The molecule has 1 saturated carbocycles. The topological polar surface area (TPSA) is 30.5 Å². The first kappa shape index (κ1) is 14.7. The maximum Gasteiger partial charge on any atom is 0.387 e. The third-order valence-electron chi connectivity index (χ3n) is 4.41. The first-order chi connectivity index (χ1) is 10.2. The second kappa shape index (κ2) is 6.28. The molecule has 2 fully saturated rings. The van der Waals surface area contributed by atoms with Crippen molar-refractivity contribution in [3.8, 4) is 5.75 Å². The number of nitrogens with one attached hydrogen (secondary N) is 1. The SMILES string of the molecule is FC(F)Oc1ccc(C2CNCC3(CCCCC3)O2)cc1. The van der Waals surface area contributed by atoms with Crippen molar-refractivity contribution in [2.75, 3.05) is 13.1 Å². The van der Waals surface area contributed by atoms with E-state index in [1.807, 2.05) is 12.1 Å². The lowest BCUT2D eigenvalue weighted by atomic mass is 9.83. The highest BCUT2D eigenvalue weighted by atomic mass is 19.3. The van der Waals surface area contributed by atoms with E-state index < -0.39 is 6.61 Å². The molecule has 1 spiro atoms. The standard InChI is InChI=1S/C16H21F2NO2/c17-15(18)20-13-6-4-12(5-7-13)14-10-19-11-16(21-14)8-2-1-3-9-16/h4-7,14-15,19H,1-3,8-11H2. The van der Waals surface area contributed by atoms with Crippen LogP contribution in [-0.2, 0) is 4.74 Å². The van der Waals surface area contributed by atoms with Gasteiger partial charge in [-0.3, -0.25) is 0 Å². The van der Waals surface area contributed by atoms with E-state index in [1.165, 1.54) is 19.3 Å². The van der Waals surface area contributed by atoms with Crippen molar-refractivity contribution in [2.24, 2.45) is 0 Å². The van der Waals surface area contributed by atoms with Crippen LogP contribution in [0.3, 0.4) is 0 Å². The normalized spacial score (nSPS) is 25.2. The molecule has 0 radical (unpaired) electrons. The molecule has 0 aromatic heterocycles. The number of rotatable bonds is 3. The Morgan fingerprint density at radius 2 is 1.86 bits per heavy atom. The van der Waals surface area contributed by atoms with Gasteiger partial charge in [0.1, 0.15) is 5.75 Å². The molecular formula is C16H21F2NO2. The van der Waals surface area contributed by atoms with Gasteiger partial charge in [0, 0.05) is 13.1 Å². The summed E-state index contributed by atoms with van der Waals surface area (Å²) in [7, 11) is 0. The largest absolute Gasteiger partial charge is 0.435 e. The highest BCUT2D eigenvalue weighted by molar-refractivity contribution is 5.29. The van der Waals surface area contributed by atoms with Crippen molar-refractivity contribution in [2.45, 2.75) is 50.4 Å². The van der Waals surface area contributed by atoms with Crippen LogP contribution in [0.15, 0.2) is 24.3 Å². The van der Waals surface area contributed by atoms with Crippen molar-refractivity contribution >= 4 is 0 Å². The van der Waals surface area contributed by atoms with Crippen LogP contribution in [0.5, 0.6) is 5.75 Å². The Morgan fingerprint density at radius 1 is 1.14 bits per heavy atom. The summed E-state index contributed by atoms with van der Waals surface area (Å²) >= 11 is 0. The molecule has 1 heterocycles. The maximum atomic E-state index is 12.2. The summed E-state index contributed by atoms with van der Waals surface area (Å²) in [5, 5.41) is 3.46. The van der Waals surface area contributed by atoms with E-state index in [4.69, 9.17) is 4.74 Å². The zero-order valence-electron chi connectivity index (χ0n) is 12.0. The van der Waals surface area contributed by atoms with Crippen LogP contribution in [0, 0.1) is 0 Å². The van der Waals surface area contributed by atoms with Crippen LogP contribution in [0.25, 0.3) is 0 Å². The van der Waals surface area contributed by atoms with Gasteiger partial charge in [-0.05, 0) is 30.5 Å². The summed E-state index contributed by atoms with van der Waals surface area (Å²) in [4.78, 5) is 0. The molecule has 1 aromatic carbocycles. The van der Waals surface area contributed by atoms with Crippen LogP contribution in [0.1, 0.15) is 43.8 Å².